The number of benzene rings is 1. The topological polar surface area (TPSA) is 154 Å². The minimum atomic E-state index is -1.31. The van der Waals surface area contributed by atoms with Gasteiger partial charge in [0.25, 0.3) is 5.69 Å². The number of methoxy groups -OCH3 is 2. The van der Waals surface area contributed by atoms with Crippen LogP contribution in [0.15, 0.2) is 24.3 Å². The minimum absolute atomic E-state index is 0.0646. The van der Waals surface area contributed by atoms with E-state index in [1.807, 2.05) is 13.8 Å². The summed E-state index contributed by atoms with van der Waals surface area (Å²) < 4.78 is 9.55. The van der Waals surface area contributed by atoms with Gasteiger partial charge >= 0.3 is 11.9 Å². The highest BCUT2D eigenvalue weighted by atomic mass is 16.6. The summed E-state index contributed by atoms with van der Waals surface area (Å²) in [6.45, 7) is 5.02. The highest BCUT2D eigenvalue weighted by Crippen LogP contribution is 2.27. The van der Waals surface area contributed by atoms with E-state index in [1.54, 1.807) is 0 Å². The number of carbonyl (C=O) groups is 4. The number of hydrogen-bond donors (Lipinski definition) is 2. The molecule has 1 rings (SSSR count). The average molecular weight is 451 g/mol. The van der Waals surface area contributed by atoms with Crippen LogP contribution in [0.1, 0.15) is 45.1 Å². The molecule has 2 amide bonds. The number of hydrogen-bond acceptors (Lipinski definition) is 8. The van der Waals surface area contributed by atoms with Gasteiger partial charge in [0.2, 0.25) is 11.8 Å². The molecule has 11 nitrogen and oxygen atoms in total. The number of carbonyl (C=O) groups excluding carboxylic acids is 4. The van der Waals surface area contributed by atoms with E-state index in [4.69, 9.17) is 9.47 Å². The molecular weight excluding hydrogens is 422 g/mol. The normalized spacial score (nSPS) is 13.4. The molecule has 0 saturated heterocycles. The molecule has 0 aliphatic heterocycles. The molecule has 176 valence electrons. The number of nitro benzene ring substituents is 1. The summed E-state index contributed by atoms with van der Waals surface area (Å²) in [5, 5.41) is 16.1. The summed E-state index contributed by atoms with van der Waals surface area (Å²) in [5.74, 6) is -3.39. The number of nitro groups is 1. The molecule has 0 unspecified atom stereocenters. The van der Waals surface area contributed by atoms with Crippen LogP contribution in [-0.4, -0.2) is 55.0 Å². The van der Waals surface area contributed by atoms with Gasteiger partial charge in [0.15, 0.2) is 0 Å². The third-order valence-corrected chi connectivity index (χ3v) is 4.70. The monoisotopic (exact) mass is 451 g/mol. The van der Waals surface area contributed by atoms with Crippen molar-refractivity contribution in [3.8, 4) is 0 Å². The smallest absolute Gasteiger partial charge is 0.329 e. The lowest BCUT2D eigenvalue weighted by atomic mass is 9.87. The molecule has 1 aromatic rings. The molecule has 0 bridgehead atoms. The fraction of sp³-hybridized carbons (Fsp3) is 0.524. The van der Waals surface area contributed by atoms with Crippen LogP contribution in [0, 0.1) is 16.0 Å². The summed E-state index contributed by atoms with van der Waals surface area (Å²) in [4.78, 5) is 59.5. The number of nitrogens with zero attached hydrogens (tertiary/aromatic N) is 1. The summed E-state index contributed by atoms with van der Waals surface area (Å²) in [6.07, 6.45) is 0.0157. The van der Waals surface area contributed by atoms with Crippen molar-refractivity contribution in [2.24, 2.45) is 5.92 Å². The second-order valence-corrected chi connectivity index (χ2v) is 7.63. The highest BCUT2D eigenvalue weighted by molar-refractivity contribution is 5.91. The SMILES string of the molecule is COC(=O)C[C@H](c1ccc([N+](=O)[O-])cc1)[C@@H](NC(=O)[C@H](CC(C)C)NC(C)=O)C(=O)OC. The van der Waals surface area contributed by atoms with Crippen LogP contribution in [0.4, 0.5) is 5.69 Å². The lowest BCUT2D eigenvalue weighted by Crippen LogP contribution is -2.53. The molecule has 0 saturated carbocycles. The largest absolute Gasteiger partial charge is 0.469 e. The summed E-state index contributed by atoms with van der Waals surface area (Å²) in [6, 6.07) is 3.04. The van der Waals surface area contributed by atoms with E-state index < -0.39 is 46.7 Å². The van der Waals surface area contributed by atoms with Crippen LogP contribution < -0.4 is 10.6 Å². The Labute approximate surface area is 186 Å². The number of ether oxygens (including phenoxy) is 2. The van der Waals surface area contributed by atoms with Crippen molar-refractivity contribution in [2.45, 2.75) is 51.6 Å². The quantitative estimate of drug-likeness (QED) is 0.291. The zero-order valence-electron chi connectivity index (χ0n) is 18.7. The molecule has 32 heavy (non-hydrogen) atoms. The fourth-order valence-electron chi connectivity index (χ4n) is 3.19. The third kappa shape index (κ3) is 7.97. The first kappa shape index (κ1) is 26.5. The Morgan fingerprint density at radius 3 is 2.06 bits per heavy atom. The van der Waals surface area contributed by atoms with E-state index in [2.05, 4.69) is 10.6 Å². The number of rotatable bonds is 11. The number of non-ortho nitro benzene ring substituents is 1. The number of amides is 2. The summed E-state index contributed by atoms with van der Waals surface area (Å²) >= 11 is 0. The second-order valence-electron chi connectivity index (χ2n) is 7.63. The first-order valence-corrected chi connectivity index (χ1v) is 9.96. The van der Waals surface area contributed by atoms with Gasteiger partial charge in [-0.3, -0.25) is 24.5 Å². The van der Waals surface area contributed by atoms with Gasteiger partial charge in [0.05, 0.1) is 25.6 Å². The fourth-order valence-corrected chi connectivity index (χ4v) is 3.19. The van der Waals surface area contributed by atoms with Gasteiger partial charge in [0, 0.05) is 25.0 Å². The van der Waals surface area contributed by atoms with E-state index in [9.17, 15) is 29.3 Å². The van der Waals surface area contributed by atoms with E-state index in [-0.39, 0.29) is 18.0 Å². The standard InChI is InChI=1S/C21H29N3O8/c1-12(2)10-17(22-13(3)25)20(27)23-19(21(28)32-5)16(11-18(26)31-4)14-6-8-15(9-7-14)24(29)30/h6-9,12,16-17,19H,10-11H2,1-5H3,(H,22,25)(H,23,27)/t16-,17+,19-/m1/s1. The highest BCUT2D eigenvalue weighted by Gasteiger charge is 2.36. The Balaban J connectivity index is 3.34. The van der Waals surface area contributed by atoms with Crippen molar-refractivity contribution in [1.29, 1.82) is 0 Å². The molecule has 0 aliphatic rings. The predicted octanol–water partition coefficient (Wildman–Crippen LogP) is 1.45. The molecule has 0 heterocycles. The van der Waals surface area contributed by atoms with Gasteiger partial charge in [0.1, 0.15) is 12.1 Å². The maximum Gasteiger partial charge on any atom is 0.329 e. The molecule has 11 heteroatoms. The van der Waals surface area contributed by atoms with Crippen LogP contribution >= 0.6 is 0 Å². The number of nitrogens with one attached hydrogen (secondary N) is 2. The van der Waals surface area contributed by atoms with Crippen LogP contribution in [0.3, 0.4) is 0 Å². The molecule has 0 spiro atoms. The van der Waals surface area contributed by atoms with Gasteiger partial charge in [-0.2, -0.15) is 0 Å². The van der Waals surface area contributed by atoms with Gasteiger partial charge in [-0.15, -0.1) is 0 Å². The summed E-state index contributed by atoms with van der Waals surface area (Å²) in [7, 11) is 2.31. The van der Waals surface area contributed by atoms with Crippen LogP contribution in [0.2, 0.25) is 0 Å². The Bertz CT molecular complexity index is 838. The zero-order chi connectivity index (χ0) is 24.4. The van der Waals surface area contributed by atoms with E-state index in [0.29, 0.717) is 12.0 Å². The average Bonchev–Trinajstić information content (AvgIpc) is 2.74. The molecule has 1 aromatic carbocycles. The molecule has 0 fully saturated rings. The Morgan fingerprint density at radius 1 is 1.03 bits per heavy atom. The predicted molar refractivity (Wildman–Crippen MR) is 113 cm³/mol. The van der Waals surface area contributed by atoms with E-state index in [0.717, 1.165) is 7.11 Å². The van der Waals surface area contributed by atoms with Crippen LogP contribution in [-0.2, 0) is 28.7 Å². The third-order valence-electron chi connectivity index (χ3n) is 4.70. The Hall–Kier alpha value is -3.50. The van der Waals surface area contributed by atoms with Gasteiger partial charge < -0.3 is 20.1 Å². The lowest BCUT2D eigenvalue weighted by Gasteiger charge is -2.28. The second kappa shape index (κ2) is 12.4. The van der Waals surface area contributed by atoms with Gasteiger partial charge in [-0.05, 0) is 17.9 Å². The maximum absolute atomic E-state index is 12.9. The first-order chi connectivity index (χ1) is 15.0. The zero-order valence-corrected chi connectivity index (χ0v) is 18.7. The van der Waals surface area contributed by atoms with Crippen molar-refractivity contribution < 1.29 is 33.6 Å². The van der Waals surface area contributed by atoms with Crippen molar-refractivity contribution in [2.75, 3.05) is 14.2 Å². The van der Waals surface area contributed by atoms with E-state index in [1.165, 1.54) is 38.3 Å². The van der Waals surface area contributed by atoms with Gasteiger partial charge in [-0.25, -0.2) is 4.79 Å². The lowest BCUT2D eigenvalue weighted by molar-refractivity contribution is -0.384. The van der Waals surface area contributed by atoms with Crippen molar-refractivity contribution in [3.63, 3.8) is 0 Å². The number of esters is 2. The minimum Gasteiger partial charge on any atom is -0.469 e. The Kier molecular flexibility index (Phi) is 10.3. The van der Waals surface area contributed by atoms with Crippen molar-refractivity contribution >= 4 is 29.4 Å². The Morgan fingerprint density at radius 2 is 1.62 bits per heavy atom. The molecule has 0 radical (unpaired) electrons. The van der Waals surface area contributed by atoms with Crippen LogP contribution in [0.25, 0.3) is 0 Å². The molecular formula is C21H29N3O8. The molecule has 0 aliphatic carbocycles. The molecule has 2 N–H and O–H groups in total. The van der Waals surface area contributed by atoms with Gasteiger partial charge in [-0.1, -0.05) is 26.0 Å². The summed E-state index contributed by atoms with van der Waals surface area (Å²) in [5.41, 5.74) is 0.212. The van der Waals surface area contributed by atoms with Crippen molar-refractivity contribution in [3.05, 3.63) is 39.9 Å². The first-order valence-electron chi connectivity index (χ1n) is 9.96. The molecule has 0 aromatic heterocycles. The van der Waals surface area contributed by atoms with Crippen molar-refractivity contribution in [1.82, 2.24) is 10.6 Å². The van der Waals surface area contributed by atoms with E-state index >= 15 is 0 Å². The maximum atomic E-state index is 12.9. The molecule has 3 atom stereocenters. The van der Waals surface area contributed by atoms with Crippen LogP contribution in [0.5, 0.6) is 0 Å².